The van der Waals surface area contributed by atoms with Crippen molar-refractivity contribution in [3.8, 4) is 0 Å². The van der Waals surface area contributed by atoms with E-state index in [1.54, 1.807) is 12.1 Å². The molecular weight excluding hydrogens is 319 g/mol. The predicted octanol–water partition coefficient (Wildman–Crippen LogP) is 3.94. The molecule has 1 N–H and O–H groups in total. The summed E-state index contributed by atoms with van der Waals surface area (Å²) in [7, 11) is 3.83. The minimum absolute atomic E-state index is 0.200. The molecule has 2 aromatic carbocycles. The highest BCUT2D eigenvalue weighted by molar-refractivity contribution is 9.10. The van der Waals surface area contributed by atoms with Crippen LogP contribution in [-0.2, 0) is 13.1 Å². The van der Waals surface area contributed by atoms with Gasteiger partial charge in [-0.1, -0.05) is 28.1 Å². The van der Waals surface area contributed by atoms with Gasteiger partial charge in [-0.05, 0) is 48.5 Å². The van der Waals surface area contributed by atoms with Crippen molar-refractivity contribution in [3.05, 3.63) is 63.9 Å². The summed E-state index contributed by atoms with van der Waals surface area (Å²) in [6.07, 6.45) is 0. The molecule has 2 rings (SSSR count). The molecule has 0 heterocycles. The monoisotopic (exact) mass is 336 g/mol. The van der Waals surface area contributed by atoms with E-state index in [9.17, 15) is 4.39 Å². The van der Waals surface area contributed by atoms with E-state index in [2.05, 4.69) is 33.4 Å². The van der Waals surface area contributed by atoms with Gasteiger partial charge in [0.2, 0.25) is 0 Å². The number of hydrogen-bond donors (Lipinski definition) is 1. The van der Waals surface area contributed by atoms with Crippen LogP contribution in [0.5, 0.6) is 0 Å². The van der Waals surface area contributed by atoms with E-state index >= 15 is 0 Å². The van der Waals surface area contributed by atoms with Crippen LogP contribution in [0.1, 0.15) is 11.1 Å². The van der Waals surface area contributed by atoms with Crippen LogP contribution in [0.4, 0.5) is 10.1 Å². The number of rotatable bonds is 5. The van der Waals surface area contributed by atoms with Crippen LogP contribution < -0.4 is 10.2 Å². The SMILES string of the molecule is CNCc1cc(F)cc(N(C)Cc2cccc(Br)c2)c1. The molecule has 0 aliphatic heterocycles. The van der Waals surface area contributed by atoms with Crippen molar-refractivity contribution in [3.63, 3.8) is 0 Å². The van der Waals surface area contributed by atoms with E-state index < -0.39 is 0 Å². The fourth-order valence-corrected chi connectivity index (χ4v) is 2.61. The van der Waals surface area contributed by atoms with E-state index in [4.69, 9.17) is 0 Å². The number of benzene rings is 2. The maximum atomic E-state index is 13.7. The van der Waals surface area contributed by atoms with Gasteiger partial charge in [0.25, 0.3) is 0 Å². The van der Waals surface area contributed by atoms with Crippen molar-refractivity contribution >= 4 is 21.6 Å². The average molecular weight is 337 g/mol. The first-order valence-electron chi connectivity index (χ1n) is 6.48. The van der Waals surface area contributed by atoms with Crippen molar-refractivity contribution in [1.82, 2.24) is 5.32 Å². The second kappa shape index (κ2) is 6.86. The molecule has 2 aromatic rings. The summed E-state index contributed by atoms with van der Waals surface area (Å²) in [6, 6.07) is 13.3. The third kappa shape index (κ3) is 4.05. The fraction of sp³-hybridized carbons (Fsp3) is 0.250. The van der Waals surface area contributed by atoms with Crippen molar-refractivity contribution < 1.29 is 4.39 Å². The number of anilines is 1. The highest BCUT2D eigenvalue weighted by atomic mass is 79.9. The van der Waals surface area contributed by atoms with Gasteiger partial charge < -0.3 is 10.2 Å². The summed E-state index contributed by atoms with van der Waals surface area (Å²) < 4.78 is 14.7. The lowest BCUT2D eigenvalue weighted by molar-refractivity contribution is 0.623. The summed E-state index contributed by atoms with van der Waals surface area (Å²) in [5, 5.41) is 3.04. The third-order valence-electron chi connectivity index (χ3n) is 3.07. The standard InChI is InChI=1S/C16H18BrFN2/c1-19-10-13-7-15(18)9-16(8-13)20(2)11-12-4-3-5-14(17)6-12/h3-9,19H,10-11H2,1-2H3. The van der Waals surface area contributed by atoms with E-state index in [0.717, 1.165) is 22.3 Å². The Morgan fingerprint density at radius 1 is 1.15 bits per heavy atom. The van der Waals surface area contributed by atoms with Crippen LogP contribution in [-0.4, -0.2) is 14.1 Å². The van der Waals surface area contributed by atoms with Gasteiger partial charge in [-0.15, -0.1) is 0 Å². The first-order valence-corrected chi connectivity index (χ1v) is 7.27. The van der Waals surface area contributed by atoms with Gasteiger partial charge in [0.15, 0.2) is 0 Å². The number of hydrogen-bond acceptors (Lipinski definition) is 2. The van der Waals surface area contributed by atoms with Crippen LogP contribution in [0.15, 0.2) is 46.9 Å². The Labute approximate surface area is 127 Å². The Kier molecular flexibility index (Phi) is 5.15. The van der Waals surface area contributed by atoms with Gasteiger partial charge >= 0.3 is 0 Å². The first kappa shape index (κ1) is 15.0. The third-order valence-corrected chi connectivity index (χ3v) is 3.57. The molecule has 0 aliphatic rings. The fourth-order valence-electron chi connectivity index (χ4n) is 2.16. The zero-order valence-corrected chi connectivity index (χ0v) is 13.2. The molecule has 0 spiro atoms. The molecule has 0 fully saturated rings. The molecule has 4 heteroatoms. The van der Waals surface area contributed by atoms with E-state index in [1.165, 1.54) is 5.56 Å². The molecule has 0 radical (unpaired) electrons. The molecule has 0 saturated heterocycles. The smallest absolute Gasteiger partial charge is 0.125 e. The van der Waals surface area contributed by atoms with Crippen molar-refractivity contribution in [2.24, 2.45) is 0 Å². The quantitative estimate of drug-likeness (QED) is 0.889. The maximum Gasteiger partial charge on any atom is 0.125 e. The Bertz CT molecular complexity index is 586. The van der Waals surface area contributed by atoms with Gasteiger partial charge in [0, 0.05) is 30.3 Å². The van der Waals surface area contributed by atoms with Gasteiger partial charge in [0.1, 0.15) is 5.82 Å². The lowest BCUT2D eigenvalue weighted by Gasteiger charge is -2.20. The lowest BCUT2D eigenvalue weighted by Crippen LogP contribution is -2.17. The summed E-state index contributed by atoms with van der Waals surface area (Å²) in [4.78, 5) is 2.05. The molecule has 106 valence electrons. The molecule has 20 heavy (non-hydrogen) atoms. The summed E-state index contributed by atoms with van der Waals surface area (Å²) in [5.74, 6) is -0.200. The molecule has 0 amide bonds. The van der Waals surface area contributed by atoms with Crippen molar-refractivity contribution in [1.29, 1.82) is 0 Å². The van der Waals surface area contributed by atoms with Gasteiger partial charge in [-0.2, -0.15) is 0 Å². The van der Waals surface area contributed by atoms with Crippen LogP contribution in [0.3, 0.4) is 0 Å². The van der Waals surface area contributed by atoms with E-state index in [1.807, 2.05) is 37.2 Å². The minimum atomic E-state index is -0.200. The van der Waals surface area contributed by atoms with Crippen molar-refractivity contribution in [2.45, 2.75) is 13.1 Å². The highest BCUT2D eigenvalue weighted by Crippen LogP contribution is 2.20. The highest BCUT2D eigenvalue weighted by Gasteiger charge is 2.06. The molecule has 0 atom stereocenters. The Morgan fingerprint density at radius 2 is 1.95 bits per heavy atom. The molecule has 0 unspecified atom stereocenters. The molecule has 2 nitrogen and oxygen atoms in total. The van der Waals surface area contributed by atoms with Crippen LogP contribution in [0, 0.1) is 5.82 Å². The van der Waals surface area contributed by atoms with Gasteiger partial charge in [0.05, 0.1) is 0 Å². The molecule has 0 bridgehead atoms. The van der Waals surface area contributed by atoms with Crippen LogP contribution in [0.25, 0.3) is 0 Å². The average Bonchev–Trinajstić information content (AvgIpc) is 2.38. The molecule has 0 aromatic heterocycles. The molecular formula is C16H18BrFN2. The molecule has 0 aliphatic carbocycles. The largest absolute Gasteiger partial charge is 0.370 e. The number of halogens is 2. The summed E-state index contributed by atoms with van der Waals surface area (Å²) in [5.41, 5.74) is 3.01. The van der Waals surface area contributed by atoms with Crippen molar-refractivity contribution in [2.75, 3.05) is 19.0 Å². The Hall–Kier alpha value is -1.39. The number of nitrogens with zero attached hydrogens (tertiary/aromatic N) is 1. The Morgan fingerprint density at radius 3 is 2.65 bits per heavy atom. The summed E-state index contributed by atoms with van der Waals surface area (Å²) >= 11 is 3.47. The zero-order valence-electron chi connectivity index (χ0n) is 11.7. The maximum absolute atomic E-state index is 13.7. The normalized spacial score (nSPS) is 10.6. The summed E-state index contributed by atoms with van der Waals surface area (Å²) in [6.45, 7) is 1.40. The van der Waals surface area contributed by atoms with Gasteiger partial charge in [-0.3, -0.25) is 0 Å². The van der Waals surface area contributed by atoms with E-state index in [0.29, 0.717) is 6.54 Å². The minimum Gasteiger partial charge on any atom is -0.370 e. The van der Waals surface area contributed by atoms with E-state index in [-0.39, 0.29) is 5.82 Å². The van der Waals surface area contributed by atoms with Crippen LogP contribution >= 0.6 is 15.9 Å². The lowest BCUT2D eigenvalue weighted by atomic mass is 10.1. The predicted molar refractivity (Wildman–Crippen MR) is 85.4 cm³/mol. The first-order chi connectivity index (χ1) is 9.58. The zero-order chi connectivity index (χ0) is 14.5. The van der Waals surface area contributed by atoms with Crippen LogP contribution in [0.2, 0.25) is 0 Å². The second-order valence-electron chi connectivity index (χ2n) is 4.83. The topological polar surface area (TPSA) is 15.3 Å². The molecule has 0 saturated carbocycles. The van der Waals surface area contributed by atoms with Gasteiger partial charge in [-0.25, -0.2) is 4.39 Å². The Balaban J connectivity index is 2.18. The second-order valence-corrected chi connectivity index (χ2v) is 5.75. The number of nitrogens with one attached hydrogen (secondary N) is 1.